The molecule has 0 aliphatic heterocycles. The second-order valence-electron chi connectivity index (χ2n) is 2.18. The minimum absolute atomic E-state index is 0.415. The van der Waals surface area contributed by atoms with Crippen LogP contribution in [0.3, 0.4) is 0 Å². The molecule has 0 spiro atoms. The maximum Gasteiger partial charge on any atom is 0.256 e. The van der Waals surface area contributed by atoms with Crippen molar-refractivity contribution in [2.45, 2.75) is 13.8 Å². The topological polar surface area (TPSA) is 61.0 Å². The van der Waals surface area contributed by atoms with E-state index in [1.165, 1.54) is 0 Å². The van der Waals surface area contributed by atoms with Gasteiger partial charge in [0.05, 0.1) is 18.0 Å². The predicted molar refractivity (Wildman–Crippen MR) is 42.4 cm³/mol. The Balaban J connectivity index is 2.90. The van der Waals surface area contributed by atoms with Gasteiger partial charge < -0.3 is 10.5 Å². The molecule has 1 aromatic heterocycles. The molecule has 60 valence electrons. The van der Waals surface area contributed by atoms with Gasteiger partial charge in [0.15, 0.2) is 0 Å². The lowest BCUT2D eigenvalue weighted by Gasteiger charge is -2.03. The Morgan fingerprint density at radius 2 is 2.27 bits per heavy atom. The molecule has 0 bridgehead atoms. The Kier molecular flexibility index (Phi) is 2.25. The van der Waals surface area contributed by atoms with E-state index >= 15 is 0 Å². The highest BCUT2D eigenvalue weighted by molar-refractivity contribution is 5.47. The van der Waals surface area contributed by atoms with E-state index in [2.05, 4.69) is 10.2 Å². The van der Waals surface area contributed by atoms with E-state index in [-0.39, 0.29) is 0 Å². The number of hydrogen-bond acceptors (Lipinski definition) is 4. The Morgan fingerprint density at radius 1 is 1.55 bits per heavy atom. The van der Waals surface area contributed by atoms with Gasteiger partial charge in [0.1, 0.15) is 0 Å². The number of aryl methyl sites for hydroxylation is 1. The number of aromatic nitrogens is 2. The molecule has 1 rings (SSSR count). The first-order chi connectivity index (χ1) is 5.24. The molecular weight excluding hydrogens is 142 g/mol. The molecule has 0 aliphatic carbocycles. The Hall–Kier alpha value is -1.32. The summed E-state index contributed by atoms with van der Waals surface area (Å²) in [7, 11) is 0. The van der Waals surface area contributed by atoms with Gasteiger partial charge in [-0.25, -0.2) is 0 Å². The first-order valence-corrected chi connectivity index (χ1v) is 3.46. The Morgan fingerprint density at radius 3 is 2.82 bits per heavy atom. The number of ether oxygens (including phenoxy) is 1. The van der Waals surface area contributed by atoms with Gasteiger partial charge in [-0.3, -0.25) is 0 Å². The summed E-state index contributed by atoms with van der Waals surface area (Å²) in [5.41, 5.74) is 6.92. The minimum Gasteiger partial charge on any atom is -0.475 e. The molecule has 0 unspecified atom stereocenters. The average Bonchev–Trinajstić information content (AvgIpc) is 1.95. The third-order valence-electron chi connectivity index (χ3n) is 1.19. The lowest BCUT2D eigenvalue weighted by atomic mass is 10.4. The van der Waals surface area contributed by atoms with E-state index < -0.39 is 0 Å². The number of rotatable bonds is 2. The van der Waals surface area contributed by atoms with Gasteiger partial charge in [-0.2, -0.15) is 5.10 Å². The van der Waals surface area contributed by atoms with Crippen molar-refractivity contribution in [1.82, 2.24) is 10.2 Å². The van der Waals surface area contributed by atoms with Crippen LogP contribution in [0.4, 0.5) is 5.69 Å². The van der Waals surface area contributed by atoms with Gasteiger partial charge in [-0.1, -0.05) is 0 Å². The summed E-state index contributed by atoms with van der Waals surface area (Å²) < 4.78 is 5.09. The lowest BCUT2D eigenvalue weighted by Crippen LogP contribution is -2.01. The molecule has 0 aliphatic rings. The molecule has 0 fully saturated rings. The number of hydrogen-bond donors (Lipinski definition) is 1. The van der Waals surface area contributed by atoms with E-state index in [1.54, 1.807) is 6.07 Å². The molecule has 0 aromatic carbocycles. The van der Waals surface area contributed by atoms with Crippen LogP contribution in [0, 0.1) is 6.92 Å². The molecule has 0 amide bonds. The summed E-state index contributed by atoms with van der Waals surface area (Å²) in [4.78, 5) is 0. The molecule has 0 radical (unpaired) electrons. The Labute approximate surface area is 65.4 Å². The van der Waals surface area contributed by atoms with Crippen LogP contribution in [0.25, 0.3) is 0 Å². The maximum absolute atomic E-state index is 5.58. The van der Waals surface area contributed by atoms with E-state index in [1.807, 2.05) is 13.8 Å². The van der Waals surface area contributed by atoms with Gasteiger partial charge in [0.2, 0.25) is 0 Å². The predicted octanol–water partition coefficient (Wildman–Crippen LogP) is 0.766. The first kappa shape index (κ1) is 7.78. The van der Waals surface area contributed by atoms with Crippen molar-refractivity contribution in [2.75, 3.05) is 12.3 Å². The number of nitrogens with zero attached hydrogens (tertiary/aromatic N) is 2. The van der Waals surface area contributed by atoms with Crippen LogP contribution in [0.15, 0.2) is 6.07 Å². The summed E-state index contributed by atoms with van der Waals surface area (Å²) in [6, 6.07) is 1.73. The molecule has 11 heavy (non-hydrogen) atoms. The highest BCUT2D eigenvalue weighted by atomic mass is 16.5. The zero-order chi connectivity index (χ0) is 8.27. The van der Waals surface area contributed by atoms with Crippen molar-refractivity contribution >= 4 is 5.69 Å². The smallest absolute Gasteiger partial charge is 0.256 e. The fraction of sp³-hybridized carbons (Fsp3) is 0.429. The summed E-state index contributed by atoms with van der Waals surface area (Å²) in [6.45, 7) is 4.27. The van der Waals surface area contributed by atoms with E-state index in [0.717, 1.165) is 5.69 Å². The Bertz CT molecular complexity index is 249. The fourth-order valence-corrected chi connectivity index (χ4v) is 0.747. The fourth-order valence-electron chi connectivity index (χ4n) is 0.747. The van der Waals surface area contributed by atoms with E-state index in [4.69, 9.17) is 10.5 Å². The van der Waals surface area contributed by atoms with Crippen molar-refractivity contribution in [2.24, 2.45) is 0 Å². The standard InChI is InChI=1S/C7H11N3O/c1-3-11-7-6(8)4-5(2)9-10-7/h4H,3H2,1-2H3,(H2,8,9). The largest absolute Gasteiger partial charge is 0.475 e. The van der Waals surface area contributed by atoms with Crippen molar-refractivity contribution in [3.05, 3.63) is 11.8 Å². The van der Waals surface area contributed by atoms with Crippen molar-refractivity contribution < 1.29 is 4.74 Å². The number of nitrogen functional groups attached to an aromatic ring is 1. The van der Waals surface area contributed by atoms with Crippen LogP contribution in [0.5, 0.6) is 5.88 Å². The van der Waals surface area contributed by atoms with Crippen LogP contribution < -0.4 is 10.5 Å². The minimum atomic E-state index is 0.415. The molecule has 4 heteroatoms. The molecule has 2 N–H and O–H groups in total. The summed E-state index contributed by atoms with van der Waals surface area (Å²) in [5, 5.41) is 7.57. The van der Waals surface area contributed by atoms with Crippen LogP contribution in [0.2, 0.25) is 0 Å². The zero-order valence-electron chi connectivity index (χ0n) is 6.66. The van der Waals surface area contributed by atoms with Crippen molar-refractivity contribution in [3.63, 3.8) is 0 Å². The highest BCUT2D eigenvalue weighted by Gasteiger charge is 2.00. The zero-order valence-corrected chi connectivity index (χ0v) is 6.66. The number of nitrogens with two attached hydrogens (primary N) is 1. The summed E-state index contributed by atoms with van der Waals surface area (Å²) in [6.07, 6.45) is 0. The van der Waals surface area contributed by atoms with Crippen molar-refractivity contribution in [3.8, 4) is 5.88 Å². The average molecular weight is 153 g/mol. The number of anilines is 1. The second-order valence-corrected chi connectivity index (χ2v) is 2.18. The molecule has 1 aromatic rings. The van der Waals surface area contributed by atoms with Crippen LogP contribution in [-0.2, 0) is 0 Å². The second kappa shape index (κ2) is 3.18. The molecular formula is C7H11N3O. The quantitative estimate of drug-likeness (QED) is 0.681. The van der Waals surface area contributed by atoms with Gasteiger partial charge >= 0.3 is 0 Å². The molecule has 0 saturated carbocycles. The summed E-state index contributed by atoms with van der Waals surface area (Å²) >= 11 is 0. The van der Waals surface area contributed by atoms with Crippen LogP contribution in [-0.4, -0.2) is 16.8 Å². The molecule has 0 saturated heterocycles. The SMILES string of the molecule is CCOc1nnc(C)cc1N. The molecule has 1 heterocycles. The van der Waals surface area contributed by atoms with Crippen LogP contribution >= 0.6 is 0 Å². The van der Waals surface area contributed by atoms with E-state index in [9.17, 15) is 0 Å². The third kappa shape index (κ3) is 1.80. The van der Waals surface area contributed by atoms with Crippen molar-refractivity contribution in [1.29, 1.82) is 0 Å². The highest BCUT2D eigenvalue weighted by Crippen LogP contribution is 2.15. The third-order valence-corrected chi connectivity index (χ3v) is 1.19. The molecule has 0 atom stereocenters. The van der Waals surface area contributed by atoms with Gasteiger partial charge in [-0.15, -0.1) is 5.10 Å². The first-order valence-electron chi connectivity index (χ1n) is 3.46. The lowest BCUT2D eigenvalue weighted by molar-refractivity contribution is 0.324. The summed E-state index contributed by atoms with van der Waals surface area (Å²) in [5.74, 6) is 0.415. The molecule has 4 nitrogen and oxygen atoms in total. The maximum atomic E-state index is 5.58. The normalized spacial score (nSPS) is 9.64. The van der Waals surface area contributed by atoms with Gasteiger partial charge in [0.25, 0.3) is 5.88 Å². The van der Waals surface area contributed by atoms with Gasteiger partial charge in [-0.05, 0) is 19.9 Å². The van der Waals surface area contributed by atoms with Gasteiger partial charge in [0, 0.05) is 0 Å². The van der Waals surface area contributed by atoms with E-state index in [0.29, 0.717) is 18.2 Å². The monoisotopic (exact) mass is 153 g/mol. The van der Waals surface area contributed by atoms with Crippen LogP contribution in [0.1, 0.15) is 12.6 Å².